The maximum absolute atomic E-state index is 12.4. The number of anilines is 1. The van der Waals surface area contributed by atoms with Crippen molar-refractivity contribution in [3.8, 4) is 0 Å². The first-order valence-electron chi connectivity index (χ1n) is 6.67. The first kappa shape index (κ1) is 16.0. The van der Waals surface area contributed by atoms with Crippen LogP contribution in [0.1, 0.15) is 43.5 Å². The Bertz CT molecular complexity index is 498. The van der Waals surface area contributed by atoms with E-state index in [9.17, 15) is 18.0 Å². The van der Waals surface area contributed by atoms with E-state index in [0.29, 0.717) is 17.9 Å². The molecule has 0 aromatic carbocycles. The van der Waals surface area contributed by atoms with Crippen LogP contribution in [0.25, 0.3) is 0 Å². The second kappa shape index (κ2) is 6.17. The SMILES string of the molecule is O=C(O)CC1(CNc2nnc(C(F)(F)F)s2)CCCCC1. The van der Waals surface area contributed by atoms with Gasteiger partial charge in [0.05, 0.1) is 6.42 Å². The molecule has 2 N–H and O–H groups in total. The summed E-state index contributed by atoms with van der Waals surface area (Å²) in [5.41, 5.74) is -0.409. The van der Waals surface area contributed by atoms with Gasteiger partial charge in [-0.15, -0.1) is 10.2 Å². The zero-order valence-electron chi connectivity index (χ0n) is 11.2. The van der Waals surface area contributed by atoms with Gasteiger partial charge in [0.25, 0.3) is 0 Å². The van der Waals surface area contributed by atoms with E-state index in [-0.39, 0.29) is 11.6 Å². The molecule has 5 nitrogen and oxygen atoms in total. The second-order valence-corrected chi connectivity index (χ2v) is 6.37. The molecule has 1 heterocycles. The van der Waals surface area contributed by atoms with Crippen LogP contribution in [0.3, 0.4) is 0 Å². The molecule has 1 aliphatic carbocycles. The Morgan fingerprint density at radius 1 is 1.29 bits per heavy atom. The summed E-state index contributed by atoms with van der Waals surface area (Å²) in [7, 11) is 0. The molecule has 1 aliphatic rings. The highest BCUT2D eigenvalue weighted by Gasteiger charge is 2.37. The van der Waals surface area contributed by atoms with Crippen LogP contribution in [0.4, 0.5) is 18.3 Å². The number of alkyl halides is 3. The highest BCUT2D eigenvalue weighted by molar-refractivity contribution is 7.15. The van der Waals surface area contributed by atoms with Gasteiger partial charge in [-0.25, -0.2) is 0 Å². The zero-order chi connectivity index (χ0) is 15.5. The van der Waals surface area contributed by atoms with Crippen LogP contribution in [0, 0.1) is 5.41 Å². The smallest absolute Gasteiger partial charge is 0.445 e. The van der Waals surface area contributed by atoms with Crippen molar-refractivity contribution in [3.63, 3.8) is 0 Å². The van der Waals surface area contributed by atoms with Crippen molar-refractivity contribution in [1.29, 1.82) is 0 Å². The Balaban J connectivity index is 2.01. The van der Waals surface area contributed by atoms with Gasteiger partial charge in [-0.2, -0.15) is 13.2 Å². The molecular formula is C12H16F3N3O2S. The number of carboxylic acids is 1. The summed E-state index contributed by atoms with van der Waals surface area (Å²) < 4.78 is 37.3. The topological polar surface area (TPSA) is 75.1 Å². The lowest BCUT2D eigenvalue weighted by atomic mass is 9.72. The Kier molecular flexibility index (Phi) is 4.70. The quantitative estimate of drug-likeness (QED) is 0.868. The first-order valence-corrected chi connectivity index (χ1v) is 7.49. The summed E-state index contributed by atoms with van der Waals surface area (Å²) in [4.78, 5) is 11.0. The molecule has 9 heteroatoms. The molecule has 0 unspecified atom stereocenters. The van der Waals surface area contributed by atoms with Gasteiger partial charge in [0.1, 0.15) is 0 Å². The third-order valence-electron chi connectivity index (χ3n) is 3.72. The van der Waals surface area contributed by atoms with Gasteiger partial charge >= 0.3 is 12.1 Å². The van der Waals surface area contributed by atoms with Gasteiger partial charge in [-0.3, -0.25) is 4.79 Å². The fourth-order valence-corrected chi connectivity index (χ4v) is 3.32. The lowest BCUT2D eigenvalue weighted by Crippen LogP contribution is -2.34. The van der Waals surface area contributed by atoms with Crippen molar-refractivity contribution < 1.29 is 23.1 Å². The lowest BCUT2D eigenvalue weighted by Gasteiger charge is -2.36. The fraction of sp³-hybridized carbons (Fsp3) is 0.750. The van der Waals surface area contributed by atoms with E-state index in [1.54, 1.807) is 0 Å². The third kappa shape index (κ3) is 4.29. The van der Waals surface area contributed by atoms with Crippen molar-refractivity contribution >= 4 is 22.4 Å². The van der Waals surface area contributed by atoms with Gasteiger partial charge < -0.3 is 10.4 Å². The van der Waals surface area contributed by atoms with Gasteiger partial charge in [0.15, 0.2) is 0 Å². The number of hydrogen-bond acceptors (Lipinski definition) is 5. The number of carboxylic acid groups (broad SMARTS) is 1. The van der Waals surface area contributed by atoms with Crippen LogP contribution in [-0.4, -0.2) is 27.8 Å². The van der Waals surface area contributed by atoms with Gasteiger partial charge in [0.2, 0.25) is 10.1 Å². The summed E-state index contributed by atoms with van der Waals surface area (Å²) in [6, 6.07) is 0. The number of carbonyl (C=O) groups is 1. The van der Waals surface area contributed by atoms with E-state index in [2.05, 4.69) is 15.5 Å². The summed E-state index contributed by atoms with van der Waals surface area (Å²) in [6.07, 6.45) is -0.00323. The van der Waals surface area contributed by atoms with Crippen molar-refractivity contribution in [1.82, 2.24) is 10.2 Å². The monoisotopic (exact) mass is 323 g/mol. The summed E-state index contributed by atoms with van der Waals surface area (Å²) in [5, 5.41) is 17.5. The van der Waals surface area contributed by atoms with Gasteiger partial charge in [-0.1, -0.05) is 30.6 Å². The van der Waals surface area contributed by atoms with Crippen molar-refractivity contribution in [3.05, 3.63) is 5.01 Å². The molecule has 0 atom stereocenters. The number of nitrogens with zero attached hydrogens (tertiary/aromatic N) is 2. The minimum atomic E-state index is -4.50. The average molecular weight is 323 g/mol. The predicted octanol–water partition coefficient (Wildman–Crippen LogP) is 3.39. The van der Waals surface area contributed by atoms with E-state index < -0.39 is 22.6 Å². The van der Waals surface area contributed by atoms with Crippen molar-refractivity contribution in [2.45, 2.75) is 44.7 Å². The van der Waals surface area contributed by atoms with E-state index in [0.717, 1.165) is 32.1 Å². The average Bonchev–Trinajstić information content (AvgIpc) is 2.85. The van der Waals surface area contributed by atoms with Crippen LogP contribution in [0.5, 0.6) is 0 Å². The highest BCUT2D eigenvalue weighted by atomic mass is 32.1. The summed E-state index contributed by atoms with van der Waals surface area (Å²) in [5.74, 6) is -0.882. The molecule has 0 radical (unpaired) electrons. The van der Waals surface area contributed by atoms with E-state index in [1.807, 2.05) is 0 Å². The van der Waals surface area contributed by atoms with Crippen LogP contribution in [0.2, 0.25) is 0 Å². The Labute approximate surface area is 123 Å². The number of nitrogens with one attached hydrogen (secondary N) is 1. The second-order valence-electron chi connectivity index (χ2n) is 5.39. The molecule has 21 heavy (non-hydrogen) atoms. The number of aromatic nitrogens is 2. The number of aliphatic carboxylic acids is 1. The van der Waals surface area contributed by atoms with E-state index in [1.165, 1.54) is 0 Å². The standard InChI is InChI=1S/C12H16F3N3O2S/c13-12(14,15)9-17-18-10(21-9)16-7-11(6-8(19)20)4-2-1-3-5-11/h1-7H2,(H,16,18)(H,19,20). The molecule has 0 aliphatic heterocycles. The summed E-state index contributed by atoms with van der Waals surface area (Å²) >= 11 is 0.440. The molecule has 1 fully saturated rings. The number of halogens is 3. The largest absolute Gasteiger partial charge is 0.481 e. The number of rotatable bonds is 5. The maximum atomic E-state index is 12.4. The number of hydrogen-bond donors (Lipinski definition) is 2. The van der Waals surface area contributed by atoms with Crippen LogP contribution >= 0.6 is 11.3 Å². The van der Waals surface area contributed by atoms with Crippen molar-refractivity contribution in [2.24, 2.45) is 5.41 Å². The van der Waals surface area contributed by atoms with Gasteiger partial charge in [-0.05, 0) is 18.3 Å². The van der Waals surface area contributed by atoms with Crippen molar-refractivity contribution in [2.75, 3.05) is 11.9 Å². The van der Waals surface area contributed by atoms with E-state index >= 15 is 0 Å². The highest BCUT2D eigenvalue weighted by Crippen LogP contribution is 2.40. The lowest BCUT2D eigenvalue weighted by molar-refractivity contribution is -0.140. The molecule has 1 aromatic rings. The molecular weight excluding hydrogens is 307 g/mol. The fourth-order valence-electron chi connectivity index (χ4n) is 2.71. The molecule has 0 spiro atoms. The van der Waals surface area contributed by atoms with Gasteiger partial charge in [0, 0.05) is 6.54 Å². The molecule has 0 bridgehead atoms. The van der Waals surface area contributed by atoms with E-state index in [4.69, 9.17) is 5.11 Å². The molecule has 1 aromatic heterocycles. The Morgan fingerprint density at radius 2 is 1.95 bits per heavy atom. The van der Waals surface area contributed by atoms with Crippen LogP contribution < -0.4 is 5.32 Å². The minimum absolute atomic E-state index is 0.0188. The molecule has 2 rings (SSSR count). The summed E-state index contributed by atoms with van der Waals surface area (Å²) in [6.45, 7) is 0.311. The zero-order valence-corrected chi connectivity index (χ0v) is 12.1. The molecule has 0 saturated heterocycles. The van der Waals surface area contributed by atoms with Crippen LogP contribution in [0.15, 0.2) is 0 Å². The Morgan fingerprint density at radius 3 is 2.48 bits per heavy atom. The molecule has 118 valence electrons. The normalized spacial score (nSPS) is 18.4. The predicted molar refractivity (Wildman–Crippen MR) is 71.2 cm³/mol. The third-order valence-corrected chi connectivity index (χ3v) is 4.65. The molecule has 1 saturated carbocycles. The first-order chi connectivity index (χ1) is 9.81. The Hall–Kier alpha value is -1.38. The molecule has 0 amide bonds. The minimum Gasteiger partial charge on any atom is -0.481 e. The maximum Gasteiger partial charge on any atom is 0.445 e. The van der Waals surface area contributed by atoms with Crippen LogP contribution in [-0.2, 0) is 11.0 Å².